The minimum absolute atomic E-state index is 0.173. The first kappa shape index (κ1) is 106. The van der Waals surface area contributed by atoms with Gasteiger partial charge in [0.2, 0.25) is 0 Å². The maximum Gasteiger partial charge on any atom is 0.157 e. The van der Waals surface area contributed by atoms with Crippen molar-refractivity contribution in [3.8, 4) is 5.75 Å². The zero-order valence-electron chi connectivity index (χ0n) is 82.4. The summed E-state index contributed by atoms with van der Waals surface area (Å²) < 4.78 is 30.7. The van der Waals surface area contributed by atoms with Crippen LogP contribution in [0, 0.1) is 12.7 Å². The highest BCUT2D eigenvalue weighted by atomic mass is 19.1. The second kappa shape index (κ2) is 52.1. The first-order valence-electron chi connectivity index (χ1n) is 51.7. The number of likely N-dealkylation sites (tertiary alicyclic amines) is 2. The molecule has 8 aromatic carbocycles. The molecule has 8 atom stereocenters. The number of halogens is 2. The molecule has 0 aromatic heterocycles. The maximum atomic E-state index is 13.2. The van der Waals surface area contributed by atoms with E-state index < -0.39 is 34.4 Å². The number of aromatic hydroxyl groups is 1. The van der Waals surface area contributed by atoms with Crippen LogP contribution in [0.15, 0.2) is 224 Å². The number of methoxy groups -OCH3 is 1. The van der Waals surface area contributed by atoms with Crippen LogP contribution in [-0.2, 0) is 87.4 Å². The van der Waals surface area contributed by atoms with Crippen LogP contribution >= 0.6 is 0 Å². The molecule has 2 heterocycles. The van der Waals surface area contributed by atoms with Crippen LogP contribution in [0.5, 0.6) is 5.75 Å². The van der Waals surface area contributed by atoms with Gasteiger partial charge in [-0.1, -0.05) is 264 Å². The lowest BCUT2D eigenvalue weighted by atomic mass is 9.73. The SMILES string of the molecule is CN[C@]1(c2cccc(F)c2)CCCCC1=O.CN[C@]1(c2ccccc2C)CCCCC1=O.CN[C@]1(c2ccccc2O)CCCCC1=O.COCCN[C@]1(c2ccccc2)CCCCC1=O.O=C1CCCC[C@@]1(c1ccccc1)N1CCCC1.O=C1CCCC[C@@]1(c1ccccc1)N1CCCCC1.O=C1CCCC[C@]1(NC1CC1)c1ccccc1.O=C1CCCC[C@]1(NCCF)c1ccccc1. The summed E-state index contributed by atoms with van der Waals surface area (Å²) in [4.78, 5) is 104. The number of carbonyl (C=O) groups excluding carboxylic acids is 8. The molecule has 0 radical (unpaired) electrons. The number of rotatable bonds is 22. The van der Waals surface area contributed by atoms with E-state index in [1.807, 2.05) is 128 Å². The standard InChI is InChI=1S/C17H23NO.C16H21NO.C15H21NO2.C15H19NO.C14H18FNO.C14H19NO.C13H16FNO.C13H17NO2/c19-16-11-5-6-12-17(16,15-9-3-1-4-10-15)18-13-7-2-8-14-18;18-15-10-4-5-11-16(15,17-12-6-7-13-17)14-8-2-1-3-9-14;1-18-12-11-16-15(10-6-5-9-14(15)17)13-7-3-2-4-8-13;17-14-8-4-5-11-15(14,16-13-9-10-13)12-6-2-1-3-7-12;15-10-11-16-14(9-5-4-8-13(14)17)12-6-2-1-3-7-12;1-11-7-3-4-8-12(11)14(15-2)10-6-5-9-13(14)16;1-15-13(8-3-2-7-12(13)16)10-5-4-6-11(14)9-10;1-14-13(9-5-4-8-12(13)16)10-6-2-3-7-11(10)15/h1,3-4,9-10H,2,5-8,11-14H2;1-3,8-9H,4-7,10-13H2;2-4,7-8,16H,5-6,9-12H2,1H3;1-3,6-7,13,16H,4-5,8-11H2;1-3,6-7,16H,4-5,8-11H2;3-4,7-8,15H,5-6,9-10H2,1-2H3;4-6,9,15H,2-3,7-8H2,1H3;2-3,6-7,14-15H,4-5,8-9H2,1H3/t17-;16-;2*15-;2*14-;2*13-/m00000000/s1. The van der Waals surface area contributed by atoms with Crippen molar-refractivity contribution in [2.45, 2.75) is 308 Å². The molecule has 2 saturated heterocycles. The highest BCUT2D eigenvalue weighted by Crippen LogP contribution is 2.47. The highest BCUT2D eigenvalue weighted by Gasteiger charge is 2.51. The number of para-hydroxylation sites is 1. The fourth-order valence-electron chi connectivity index (χ4n) is 23.5. The van der Waals surface area contributed by atoms with Gasteiger partial charge < -0.3 is 25.8 Å². The number of ether oxygens (including phenoxy) is 1. The molecule has 736 valence electrons. The van der Waals surface area contributed by atoms with Crippen molar-refractivity contribution in [2.75, 3.05) is 80.8 Å². The zero-order chi connectivity index (χ0) is 97.0. The van der Waals surface area contributed by atoms with Crippen LogP contribution in [-0.4, -0.2) is 148 Å². The van der Waals surface area contributed by atoms with Crippen LogP contribution in [0.3, 0.4) is 0 Å². The number of phenols is 1. The van der Waals surface area contributed by atoms with Crippen molar-refractivity contribution in [2.24, 2.45) is 0 Å². The van der Waals surface area contributed by atoms with Gasteiger partial charge in [-0.05, 0) is 258 Å². The van der Waals surface area contributed by atoms with E-state index >= 15 is 0 Å². The molecule has 20 heteroatoms. The molecule has 8 aromatic rings. The molecule has 0 amide bonds. The van der Waals surface area contributed by atoms with Gasteiger partial charge in [-0.2, -0.15) is 0 Å². The minimum atomic E-state index is -0.677. The van der Waals surface area contributed by atoms with E-state index in [2.05, 4.69) is 121 Å². The molecule has 11 fully saturated rings. The van der Waals surface area contributed by atoms with E-state index in [0.717, 1.165) is 215 Å². The van der Waals surface area contributed by atoms with Crippen molar-refractivity contribution in [3.05, 3.63) is 280 Å². The van der Waals surface area contributed by atoms with Gasteiger partial charge in [0.25, 0.3) is 0 Å². The van der Waals surface area contributed by atoms with Crippen LogP contribution < -0.4 is 31.9 Å². The summed E-state index contributed by atoms with van der Waals surface area (Å²) in [5, 5.41) is 29.5. The number of hydrogen-bond acceptors (Lipinski definition) is 18. The van der Waals surface area contributed by atoms with Gasteiger partial charge in [0.15, 0.2) is 46.3 Å². The third-order valence-corrected chi connectivity index (χ3v) is 31.1. The third kappa shape index (κ3) is 25.4. The number of ketones is 8. The Morgan fingerprint density at radius 1 is 0.328 bits per heavy atom. The summed E-state index contributed by atoms with van der Waals surface area (Å²) in [6, 6.07) is 73.2. The lowest BCUT2D eigenvalue weighted by Crippen LogP contribution is -2.55. The number of carbonyl (C=O) groups is 8. The Kier molecular flexibility index (Phi) is 40.4. The van der Waals surface area contributed by atoms with E-state index in [0.29, 0.717) is 85.8 Å². The Bertz CT molecular complexity index is 5080. The number of nitrogens with one attached hydrogen (secondary N) is 6. The van der Waals surface area contributed by atoms with Crippen molar-refractivity contribution in [1.29, 1.82) is 0 Å². The normalized spacial score (nSPS) is 26.9. The highest BCUT2D eigenvalue weighted by molar-refractivity contribution is 5.95. The molecule has 11 aliphatic rings. The van der Waals surface area contributed by atoms with Crippen LogP contribution in [0.25, 0.3) is 0 Å². The number of Topliss-reactive ketones (excluding diaryl/α,β-unsaturated/α-hetero) is 8. The number of piperidine rings is 1. The Balaban J connectivity index is 0.000000141. The molecule has 9 aliphatic carbocycles. The minimum Gasteiger partial charge on any atom is -0.508 e. The Morgan fingerprint density at radius 3 is 1.00 bits per heavy atom. The summed E-state index contributed by atoms with van der Waals surface area (Å²) in [5.74, 6) is 2.41. The summed E-state index contributed by atoms with van der Waals surface area (Å²) >= 11 is 0. The van der Waals surface area contributed by atoms with Gasteiger partial charge in [-0.15, -0.1) is 0 Å². The zero-order valence-corrected chi connectivity index (χ0v) is 82.4. The molecule has 9 saturated carbocycles. The summed E-state index contributed by atoms with van der Waals surface area (Å²) in [6.07, 6.45) is 38.0. The van der Waals surface area contributed by atoms with E-state index in [1.165, 1.54) is 86.6 Å². The van der Waals surface area contributed by atoms with E-state index in [9.17, 15) is 52.2 Å². The van der Waals surface area contributed by atoms with Crippen molar-refractivity contribution in [3.63, 3.8) is 0 Å². The second-order valence-electron chi connectivity index (χ2n) is 39.3. The van der Waals surface area contributed by atoms with Crippen molar-refractivity contribution in [1.82, 2.24) is 41.7 Å². The topological polar surface area (TPSA) is 245 Å². The predicted octanol–water partition coefficient (Wildman–Crippen LogP) is 21.1. The van der Waals surface area contributed by atoms with Gasteiger partial charge >= 0.3 is 0 Å². The van der Waals surface area contributed by atoms with Crippen LogP contribution in [0.1, 0.15) is 300 Å². The molecule has 2 aliphatic heterocycles. The molecule has 0 bridgehead atoms. The first-order chi connectivity index (χ1) is 66.7. The number of benzene rings is 8. The van der Waals surface area contributed by atoms with E-state index in [4.69, 9.17) is 4.74 Å². The van der Waals surface area contributed by atoms with Gasteiger partial charge in [0.05, 0.1) is 6.61 Å². The fourth-order valence-corrected chi connectivity index (χ4v) is 23.5. The summed E-state index contributed by atoms with van der Waals surface area (Å²) in [6.45, 7) is 7.54. The molecule has 137 heavy (non-hydrogen) atoms. The molecular weight excluding hydrogens is 1720 g/mol. The molecule has 0 spiro atoms. The Hall–Kier alpha value is -9.58. The first-order valence-corrected chi connectivity index (χ1v) is 51.7. The smallest absolute Gasteiger partial charge is 0.157 e. The van der Waals surface area contributed by atoms with Gasteiger partial charge in [-0.25, -0.2) is 8.78 Å². The predicted molar refractivity (Wildman–Crippen MR) is 543 cm³/mol. The Labute approximate surface area is 814 Å². The molecule has 7 N–H and O–H groups in total. The van der Waals surface area contributed by atoms with Crippen LogP contribution in [0.4, 0.5) is 8.78 Å². The quantitative estimate of drug-likeness (QED) is 0.0312. The largest absolute Gasteiger partial charge is 0.508 e. The average Bonchev–Trinajstić information content (AvgIpc) is 1.68. The van der Waals surface area contributed by atoms with E-state index in [-0.39, 0.29) is 52.1 Å². The average molecular weight is 1870 g/mol. The molecular formula is C117H154F2N8O10. The molecule has 18 nitrogen and oxygen atoms in total. The number of nitrogens with zero attached hydrogens (tertiary/aromatic N) is 2. The van der Waals surface area contributed by atoms with Crippen LogP contribution in [0.2, 0.25) is 0 Å². The number of phenolic OH excluding ortho intramolecular Hbond substituents is 1. The lowest BCUT2D eigenvalue weighted by molar-refractivity contribution is -0.136. The monoisotopic (exact) mass is 1870 g/mol. The number of alkyl halides is 1. The second-order valence-corrected chi connectivity index (χ2v) is 39.3. The van der Waals surface area contributed by atoms with Gasteiger partial charge in [0.1, 0.15) is 62.6 Å². The summed E-state index contributed by atoms with van der Waals surface area (Å²) in [5.41, 5.74) is 5.60. The molecule has 19 rings (SSSR count). The summed E-state index contributed by atoms with van der Waals surface area (Å²) in [7, 11) is 7.14. The third-order valence-electron chi connectivity index (χ3n) is 31.1. The number of aryl methyl sites for hydroxylation is 1. The van der Waals surface area contributed by atoms with Crippen molar-refractivity contribution < 1.29 is 57.0 Å². The number of hydrogen-bond donors (Lipinski definition) is 7. The molecule has 0 unspecified atom stereocenters. The Morgan fingerprint density at radius 2 is 0.642 bits per heavy atom. The number of likely N-dealkylation sites (N-methyl/N-ethyl adjacent to an activating group) is 3. The van der Waals surface area contributed by atoms with E-state index in [1.54, 1.807) is 39.4 Å². The van der Waals surface area contributed by atoms with Gasteiger partial charge in [0, 0.05) is 83.2 Å². The van der Waals surface area contributed by atoms with Crippen molar-refractivity contribution >= 4 is 46.3 Å². The maximum absolute atomic E-state index is 13.2. The lowest BCUT2D eigenvalue weighted by Gasteiger charge is -2.47. The van der Waals surface area contributed by atoms with Gasteiger partial charge in [-0.3, -0.25) is 64.1 Å². The fraction of sp³-hybridized carbons (Fsp3) is 0.521.